The summed E-state index contributed by atoms with van der Waals surface area (Å²) in [5.74, 6) is -0.310. The number of fused-ring (bicyclic) bond motifs is 1. The Morgan fingerprint density at radius 2 is 1.90 bits per heavy atom. The molecule has 0 saturated heterocycles. The van der Waals surface area contributed by atoms with Gasteiger partial charge in [0.25, 0.3) is 0 Å². The summed E-state index contributed by atoms with van der Waals surface area (Å²) in [6, 6.07) is 8.00. The highest BCUT2D eigenvalue weighted by atomic mass is 16.5. The fourth-order valence-corrected chi connectivity index (χ4v) is 2.83. The van der Waals surface area contributed by atoms with Gasteiger partial charge in [-0.25, -0.2) is 0 Å². The van der Waals surface area contributed by atoms with Gasteiger partial charge in [0.1, 0.15) is 5.78 Å². The Morgan fingerprint density at radius 1 is 1.25 bits per heavy atom. The molecule has 0 aromatic heterocycles. The number of benzene rings is 1. The van der Waals surface area contributed by atoms with Crippen LogP contribution in [0.3, 0.4) is 0 Å². The molecule has 1 aromatic rings. The van der Waals surface area contributed by atoms with E-state index >= 15 is 0 Å². The standard InChI is InChI=1S/C17H22O3/c1-17(2,3)15(18)10-13-12-8-6-5-7-11(12)9-14(13)16(19)20-4/h5-8,13-14H,9-10H2,1-4H3/t13-,14+/m0/s1. The van der Waals surface area contributed by atoms with E-state index in [0.29, 0.717) is 12.8 Å². The van der Waals surface area contributed by atoms with Crippen LogP contribution in [-0.4, -0.2) is 18.9 Å². The molecule has 2 rings (SSSR count). The first-order valence-corrected chi connectivity index (χ1v) is 7.03. The molecule has 0 amide bonds. The molecule has 1 aliphatic rings. The number of hydrogen-bond donors (Lipinski definition) is 0. The number of hydrogen-bond acceptors (Lipinski definition) is 3. The van der Waals surface area contributed by atoms with Crippen LogP contribution in [0.25, 0.3) is 0 Å². The number of rotatable bonds is 3. The summed E-state index contributed by atoms with van der Waals surface area (Å²) >= 11 is 0. The van der Waals surface area contributed by atoms with Crippen molar-refractivity contribution in [3.8, 4) is 0 Å². The first-order valence-electron chi connectivity index (χ1n) is 7.03. The molecule has 2 atom stereocenters. The second-order valence-corrected chi connectivity index (χ2v) is 6.52. The number of ether oxygens (including phenoxy) is 1. The molecular formula is C17H22O3. The molecule has 3 heteroatoms. The zero-order valence-corrected chi connectivity index (χ0v) is 12.6. The van der Waals surface area contributed by atoms with Crippen LogP contribution in [0.1, 0.15) is 44.2 Å². The van der Waals surface area contributed by atoms with Crippen LogP contribution in [0, 0.1) is 11.3 Å². The summed E-state index contributed by atoms with van der Waals surface area (Å²) in [4.78, 5) is 24.3. The van der Waals surface area contributed by atoms with Gasteiger partial charge in [0.05, 0.1) is 13.0 Å². The van der Waals surface area contributed by atoms with Gasteiger partial charge in [-0.1, -0.05) is 45.0 Å². The fourth-order valence-electron chi connectivity index (χ4n) is 2.83. The van der Waals surface area contributed by atoms with Crippen molar-refractivity contribution < 1.29 is 14.3 Å². The molecular weight excluding hydrogens is 252 g/mol. The molecule has 0 saturated carbocycles. The van der Waals surface area contributed by atoms with Crippen LogP contribution in [0.15, 0.2) is 24.3 Å². The molecule has 0 bridgehead atoms. The average molecular weight is 274 g/mol. The lowest BCUT2D eigenvalue weighted by Gasteiger charge is -2.23. The third kappa shape index (κ3) is 2.77. The molecule has 0 fully saturated rings. The Balaban J connectivity index is 2.30. The lowest BCUT2D eigenvalue weighted by atomic mass is 9.80. The molecule has 0 N–H and O–H groups in total. The largest absolute Gasteiger partial charge is 0.469 e. The Labute approximate surface area is 120 Å². The Hall–Kier alpha value is -1.64. The molecule has 0 unspecified atom stereocenters. The van der Waals surface area contributed by atoms with E-state index in [1.54, 1.807) is 0 Å². The number of carbonyl (C=O) groups excluding carboxylic acids is 2. The van der Waals surface area contributed by atoms with Gasteiger partial charge >= 0.3 is 5.97 Å². The van der Waals surface area contributed by atoms with Crippen LogP contribution >= 0.6 is 0 Å². The molecule has 3 nitrogen and oxygen atoms in total. The van der Waals surface area contributed by atoms with Gasteiger partial charge in [-0.05, 0) is 17.5 Å². The van der Waals surface area contributed by atoms with Crippen molar-refractivity contribution in [1.82, 2.24) is 0 Å². The van der Waals surface area contributed by atoms with Gasteiger partial charge < -0.3 is 4.74 Å². The number of Topliss-reactive ketones (excluding diaryl/α,β-unsaturated/α-hetero) is 1. The third-order valence-corrected chi connectivity index (χ3v) is 4.13. The van der Waals surface area contributed by atoms with Crippen molar-refractivity contribution in [2.24, 2.45) is 11.3 Å². The lowest BCUT2D eigenvalue weighted by molar-refractivity contribution is -0.146. The molecule has 0 heterocycles. The van der Waals surface area contributed by atoms with Crippen LogP contribution < -0.4 is 0 Å². The number of ketones is 1. The summed E-state index contributed by atoms with van der Waals surface area (Å²) in [5, 5.41) is 0. The van der Waals surface area contributed by atoms with E-state index in [9.17, 15) is 9.59 Å². The summed E-state index contributed by atoms with van der Waals surface area (Å²) in [5.41, 5.74) is 1.91. The molecule has 108 valence electrons. The van der Waals surface area contributed by atoms with Crippen LogP contribution in [0.4, 0.5) is 0 Å². The number of carbonyl (C=O) groups is 2. The topological polar surface area (TPSA) is 43.4 Å². The van der Waals surface area contributed by atoms with Crippen LogP contribution in [0.5, 0.6) is 0 Å². The first-order chi connectivity index (χ1) is 9.34. The molecule has 0 aliphatic heterocycles. The molecule has 0 radical (unpaired) electrons. The van der Waals surface area contributed by atoms with Gasteiger partial charge in [-0.2, -0.15) is 0 Å². The van der Waals surface area contributed by atoms with Gasteiger partial charge in [0, 0.05) is 17.8 Å². The molecule has 0 spiro atoms. The minimum atomic E-state index is -0.377. The average Bonchev–Trinajstić information content (AvgIpc) is 2.76. The van der Waals surface area contributed by atoms with Crippen LogP contribution in [-0.2, 0) is 20.7 Å². The van der Waals surface area contributed by atoms with E-state index in [2.05, 4.69) is 0 Å². The zero-order valence-electron chi connectivity index (χ0n) is 12.6. The van der Waals surface area contributed by atoms with Gasteiger partial charge in [-0.3, -0.25) is 9.59 Å². The maximum absolute atomic E-state index is 12.3. The van der Waals surface area contributed by atoms with Crippen molar-refractivity contribution in [3.63, 3.8) is 0 Å². The highest BCUT2D eigenvalue weighted by Gasteiger charge is 2.40. The van der Waals surface area contributed by atoms with E-state index < -0.39 is 0 Å². The summed E-state index contributed by atoms with van der Waals surface area (Å²) in [7, 11) is 1.41. The number of methoxy groups -OCH3 is 1. The maximum atomic E-state index is 12.3. The van der Waals surface area contributed by atoms with Crippen molar-refractivity contribution >= 4 is 11.8 Å². The molecule has 20 heavy (non-hydrogen) atoms. The van der Waals surface area contributed by atoms with E-state index in [1.807, 2.05) is 45.0 Å². The van der Waals surface area contributed by atoms with E-state index in [0.717, 1.165) is 11.1 Å². The lowest BCUT2D eigenvalue weighted by Crippen LogP contribution is -2.27. The number of esters is 1. The second kappa shape index (κ2) is 5.39. The van der Waals surface area contributed by atoms with Crippen molar-refractivity contribution in [3.05, 3.63) is 35.4 Å². The van der Waals surface area contributed by atoms with E-state index in [1.165, 1.54) is 7.11 Å². The Morgan fingerprint density at radius 3 is 2.50 bits per heavy atom. The highest BCUT2D eigenvalue weighted by molar-refractivity contribution is 5.86. The summed E-state index contributed by atoms with van der Waals surface area (Å²) < 4.78 is 4.91. The smallest absolute Gasteiger partial charge is 0.309 e. The second-order valence-electron chi connectivity index (χ2n) is 6.52. The normalized spacial score (nSPS) is 21.4. The SMILES string of the molecule is COC(=O)[C@@H]1Cc2ccccc2[C@@H]1CC(=O)C(C)(C)C. The quantitative estimate of drug-likeness (QED) is 0.795. The fraction of sp³-hybridized carbons (Fsp3) is 0.529. The zero-order chi connectivity index (χ0) is 14.9. The molecule has 1 aliphatic carbocycles. The van der Waals surface area contributed by atoms with Gasteiger partial charge in [0.2, 0.25) is 0 Å². The Kier molecular flexibility index (Phi) is 3.98. The Bertz CT molecular complexity index is 525. The summed E-state index contributed by atoms with van der Waals surface area (Å²) in [6.45, 7) is 5.76. The van der Waals surface area contributed by atoms with Gasteiger partial charge in [0.15, 0.2) is 0 Å². The maximum Gasteiger partial charge on any atom is 0.309 e. The minimum absolute atomic E-state index is 0.0506. The first kappa shape index (κ1) is 14.8. The predicted molar refractivity (Wildman–Crippen MR) is 77.5 cm³/mol. The summed E-state index contributed by atoms with van der Waals surface area (Å²) in [6.07, 6.45) is 1.07. The highest BCUT2D eigenvalue weighted by Crippen LogP contribution is 2.42. The van der Waals surface area contributed by atoms with Crippen molar-refractivity contribution in [1.29, 1.82) is 0 Å². The molecule has 1 aromatic carbocycles. The third-order valence-electron chi connectivity index (χ3n) is 4.13. The van der Waals surface area contributed by atoms with Gasteiger partial charge in [-0.15, -0.1) is 0 Å². The monoisotopic (exact) mass is 274 g/mol. The van der Waals surface area contributed by atoms with Crippen molar-refractivity contribution in [2.75, 3.05) is 7.11 Å². The van der Waals surface area contributed by atoms with E-state index in [4.69, 9.17) is 4.74 Å². The van der Waals surface area contributed by atoms with Crippen LogP contribution in [0.2, 0.25) is 0 Å². The van der Waals surface area contributed by atoms with Crippen molar-refractivity contribution in [2.45, 2.75) is 39.5 Å². The predicted octanol–water partition coefficient (Wildman–Crippen LogP) is 3.12. The minimum Gasteiger partial charge on any atom is -0.469 e. The van der Waals surface area contributed by atoms with E-state index in [-0.39, 0.29) is 29.0 Å².